The Kier molecular flexibility index (Phi) is 3.91. The summed E-state index contributed by atoms with van der Waals surface area (Å²) < 4.78 is 10.8. The molecule has 1 saturated heterocycles. The first-order chi connectivity index (χ1) is 9.33. The van der Waals surface area contributed by atoms with Crippen molar-refractivity contribution in [1.29, 1.82) is 0 Å². The van der Waals surface area contributed by atoms with Gasteiger partial charge in [0.25, 0.3) is 5.56 Å². The lowest BCUT2D eigenvalue weighted by atomic mass is 10.1. The molecule has 6 nitrogen and oxygen atoms in total. The lowest BCUT2D eigenvalue weighted by Crippen LogP contribution is -2.30. The monoisotopic (exact) mass is 265 g/mol. The zero-order chi connectivity index (χ0) is 13.1. The van der Waals surface area contributed by atoms with Crippen LogP contribution in [0.25, 0.3) is 0 Å². The zero-order valence-corrected chi connectivity index (χ0v) is 10.9. The Morgan fingerprint density at radius 3 is 3.21 bits per heavy atom. The first-order valence-electron chi connectivity index (χ1n) is 6.84. The average Bonchev–Trinajstić information content (AvgIpc) is 2.92. The van der Waals surface area contributed by atoms with Crippen LogP contribution in [0.5, 0.6) is 0 Å². The number of fused-ring (bicyclic) bond motifs is 1. The number of hydrogen-bond donors (Lipinski definition) is 2. The van der Waals surface area contributed by atoms with Gasteiger partial charge in [-0.15, -0.1) is 0 Å². The highest BCUT2D eigenvalue weighted by Crippen LogP contribution is 2.11. The van der Waals surface area contributed by atoms with Crippen molar-refractivity contribution in [2.75, 3.05) is 19.8 Å². The number of nitrogens with one attached hydrogen (secondary N) is 2. The van der Waals surface area contributed by atoms with E-state index in [1.165, 1.54) is 0 Å². The summed E-state index contributed by atoms with van der Waals surface area (Å²) in [4.78, 5) is 19.2. The molecule has 6 heteroatoms. The highest BCUT2D eigenvalue weighted by molar-refractivity contribution is 5.19. The molecule has 1 aromatic heterocycles. The molecule has 104 valence electrons. The Labute approximate surface area is 111 Å². The van der Waals surface area contributed by atoms with Crippen LogP contribution < -0.4 is 10.9 Å². The van der Waals surface area contributed by atoms with Gasteiger partial charge < -0.3 is 19.8 Å². The molecular formula is C13H19N3O3. The minimum Gasteiger partial charge on any atom is -0.377 e. The van der Waals surface area contributed by atoms with Crippen molar-refractivity contribution in [2.24, 2.45) is 0 Å². The molecule has 2 N–H and O–H groups in total. The Bertz CT molecular complexity index is 494. The van der Waals surface area contributed by atoms with Gasteiger partial charge in [0.15, 0.2) is 0 Å². The van der Waals surface area contributed by atoms with E-state index in [9.17, 15) is 4.79 Å². The van der Waals surface area contributed by atoms with Crippen LogP contribution in [0, 0.1) is 0 Å². The normalized spacial score (nSPS) is 22.4. The van der Waals surface area contributed by atoms with Gasteiger partial charge in [-0.05, 0) is 12.8 Å². The second-order valence-corrected chi connectivity index (χ2v) is 5.01. The van der Waals surface area contributed by atoms with Gasteiger partial charge in [0.05, 0.1) is 37.1 Å². The van der Waals surface area contributed by atoms with Crippen LogP contribution in [-0.2, 0) is 29.0 Å². The highest BCUT2D eigenvalue weighted by Gasteiger charge is 2.17. The number of aromatic amines is 1. The van der Waals surface area contributed by atoms with Crippen molar-refractivity contribution in [1.82, 2.24) is 15.3 Å². The predicted molar refractivity (Wildman–Crippen MR) is 68.9 cm³/mol. The van der Waals surface area contributed by atoms with Gasteiger partial charge in [0.1, 0.15) is 5.82 Å². The molecule has 0 amide bonds. The van der Waals surface area contributed by atoms with E-state index in [1.807, 2.05) is 0 Å². The molecule has 1 fully saturated rings. The van der Waals surface area contributed by atoms with Gasteiger partial charge in [0.2, 0.25) is 0 Å². The van der Waals surface area contributed by atoms with Gasteiger partial charge in [-0.25, -0.2) is 4.98 Å². The first kappa shape index (κ1) is 12.8. The van der Waals surface area contributed by atoms with Gasteiger partial charge >= 0.3 is 0 Å². The third-order valence-electron chi connectivity index (χ3n) is 3.57. The van der Waals surface area contributed by atoms with E-state index in [2.05, 4.69) is 15.3 Å². The number of ether oxygens (including phenoxy) is 2. The standard InChI is InChI=1S/C13H19N3O3/c17-13-10-8-18-5-3-11(10)15-12(16-13)7-14-6-9-2-1-4-19-9/h9,14H,1-8H2,(H,15,16,17)/t9-/m1/s1. The van der Waals surface area contributed by atoms with E-state index in [1.54, 1.807) is 0 Å². The van der Waals surface area contributed by atoms with Crippen LogP contribution in [0.3, 0.4) is 0 Å². The first-order valence-corrected chi connectivity index (χ1v) is 6.84. The van der Waals surface area contributed by atoms with Crippen molar-refractivity contribution < 1.29 is 9.47 Å². The zero-order valence-electron chi connectivity index (χ0n) is 10.9. The van der Waals surface area contributed by atoms with Crippen LogP contribution in [0.4, 0.5) is 0 Å². The van der Waals surface area contributed by atoms with Crippen LogP contribution >= 0.6 is 0 Å². The molecule has 1 aromatic rings. The fraction of sp³-hybridized carbons (Fsp3) is 0.692. The summed E-state index contributed by atoms with van der Waals surface area (Å²) in [7, 11) is 0. The maximum atomic E-state index is 11.9. The van der Waals surface area contributed by atoms with E-state index in [0.29, 0.717) is 37.3 Å². The average molecular weight is 265 g/mol. The molecule has 0 unspecified atom stereocenters. The lowest BCUT2D eigenvalue weighted by Gasteiger charge is -2.16. The molecule has 0 radical (unpaired) electrons. The largest absolute Gasteiger partial charge is 0.377 e. The number of aromatic nitrogens is 2. The molecular weight excluding hydrogens is 246 g/mol. The number of nitrogens with zero attached hydrogens (tertiary/aromatic N) is 1. The quantitative estimate of drug-likeness (QED) is 0.808. The smallest absolute Gasteiger partial charge is 0.256 e. The Hall–Kier alpha value is -1.24. The fourth-order valence-electron chi connectivity index (χ4n) is 2.54. The third kappa shape index (κ3) is 3.02. The predicted octanol–water partition coefficient (Wildman–Crippen LogP) is 0.111. The van der Waals surface area contributed by atoms with E-state index < -0.39 is 0 Å². The summed E-state index contributed by atoms with van der Waals surface area (Å²) in [5.74, 6) is 0.698. The molecule has 0 bridgehead atoms. The van der Waals surface area contributed by atoms with E-state index in [-0.39, 0.29) is 5.56 Å². The van der Waals surface area contributed by atoms with Crippen molar-refractivity contribution in [3.63, 3.8) is 0 Å². The minimum absolute atomic E-state index is 0.0707. The summed E-state index contributed by atoms with van der Waals surface area (Å²) in [6.45, 7) is 3.26. The molecule has 0 aliphatic carbocycles. The molecule has 0 saturated carbocycles. The maximum Gasteiger partial charge on any atom is 0.256 e. The molecule has 2 aliphatic heterocycles. The Balaban J connectivity index is 1.61. The van der Waals surface area contributed by atoms with Gasteiger partial charge in [-0.3, -0.25) is 4.79 Å². The number of H-pyrrole nitrogens is 1. The summed E-state index contributed by atoms with van der Waals surface area (Å²) in [5, 5.41) is 3.29. The molecule has 19 heavy (non-hydrogen) atoms. The third-order valence-corrected chi connectivity index (χ3v) is 3.57. The second-order valence-electron chi connectivity index (χ2n) is 5.01. The van der Waals surface area contributed by atoms with E-state index in [0.717, 1.165) is 38.1 Å². The van der Waals surface area contributed by atoms with E-state index >= 15 is 0 Å². The van der Waals surface area contributed by atoms with Gasteiger partial charge in [0, 0.05) is 19.6 Å². The lowest BCUT2D eigenvalue weighted by molar-refractivity contribution is 0.107. The summed E-state index contributed by atoms with van der Waals surface area (Å²) >= 11 is 0. The Morgan fingerprint density at radius 2 is 2.37 bits per heavy atom. The molecule has 0 spiro atoms. The van der Waals surface area contributed by atoms with Crippen LogP contribution in [0.2, 0.25) is 0 Å². The number of hydrogen-bond acceptors (Lipinski definition) is 5. The SMILES string of the molecule is O=c1[nH]c(CNC[C@H]2CCCO2)nc2c1COCC2. The molecule has 1 atom stereocenters. The van der Waals surface area contributed by atoms with Crippen molar-refractivity contribution in [2.45, 2.75) is 38.5 Å². The molecule has 0 aromatic carbocycles. The highest BCUT2D eigenvalue weighted by atomic mass is 16.5. The maximum absolute atomic E-state index is 11.9. The van der Waals surface area contributed by atoms with Crippen LogP contribution in [0.15, 0.2) is 4.79 Å². The van der Waals surface area contributed by atoms with Crippen LogP contribution in [-0.4, -0.2) is 35.8 Å². The van der Waals surface area contributed by atoms with Gasteiger partial charge in [-0.2, -0.15) is 0 Å². The minimum atomic E-state index is -0.0707. The van der Waals surface area contributed by atoms with Crippen molar-refractivity contribution >= 4 is 0 Å². The number of rotatable bonds is 4. The Morgan fingerprint density at radius 1 is 1.42 bits per heavy atom. The van der Waals surface area contributed by atoms with Crippen LogP contribution in [0.1, 0.15) is 29.9 Å². The fourth-order valence-corrected chi connectivity index (χ4v) is 2.54. The second kappa shape index (κ2) is 5.81. The topological polar surface area (TPSA) is 76.2 Å². The summed E-state index contributed by atoms with van der Waals surface area (Å²) in [5.41, 5.74) is 1.48. The summed E-state index contributed by atoms with van der Waals surface area (Å²) in [6.07, 6.45) is 3.27. The van der Waals surface area contributed by atoms with Crippen molar-refractivity contribution in [3.05, 3.63) is 27.4 Å². The molecule has 2 aliphatic rings. The van der Waals surface area contributed by atoms with Crippen molar-refractivity contribution in [3.8, 4) is 0 Å². The van der Waals surface area contributed by atoms with Gasteiger partial charge in [-0.1, -0.05) is 0 Å². The van der Waals surface area contributed by atoms with E-state index in [4.69, 9.17) is 9.47 Å². The summed E-state index contributed by atoms with van der Waals surface area (Å²) in [6, 6.07) is 0. The molecule has 3 heterocycles. The molecule has 3 rings (SSSR count).